The van der Waals surface area contributed by atoms with Crippen molar-refractivity contribution in [1.29, 1.82) is 0 Å². The molecule has 0 bridgehead atoms. The second-order valence-corrected chi connectivity index (χ2v) is 55.9. The highest BCUT2D eigenvalue weighted by Gasteiger charge is 2.37. The van der Waals surface area contributed by atoms with Gasteiger partial charge in [-0.2, -0.15) is 0 Å². The zero-order chi connectivity index (χ0) is 115. The molecule has 149 heavy (non-hydrogen) atoms. The fourth-order valence-electron chi connectivity index (χ4n) is 15.0. The number of benzene rings is 8. The van der Waals surface area contributed by atoms with E-state index in [1.54, 1.807) is 19.2 Å². The zero-order valence-electron chi connectivity index (χ0n) is 103. The van der Waals surface area contributed by atoms with Crippen LogP contribution in [0.3, 0.4) is 0 Å². The Labute approximate surface area is 915 Å². The number of pyridine rings is 3. The van der Waals surface area contributed by atoms with Crippen molar-refractivity contribution in [3.63, 3.8) is 0 Å². The van der Waals surface area contributed by atoms with E-state index in [0.29, 0.717) is 36.0 Å². The highest BCUT2D eigenvalue weighted by molar-refractivity contribution is 6.31. The molecule has 6 nitrogen and oxygen atoms in total. The summed E-state index contributed by atoms with van der Waals surface area (Å²) in [6.07, 6.45) is 7.53. The lowest BCUT2D eigenvalue weighted by Gasteiger charge is -2.39. The molecule has 11 aromatic rings. The molecule has 3 aromatic heterocycles. The molecule has 3 atom stereocenters. The summed E-state index contributed by atoms with van der Waals surface area (Å²) in [5.41, 5.74) is 24.6. The molecule has 0 spiro atoms. The van der Waals surface area contributed by atoms with Crippen molar-refractivity contribution in [2.24, 2.45) is 17.3 Å². The van der Waals surface area contributed by atoms with Crippen LogP contribution in [0.1, 0.15) is 438 Å². The first-order valence-electron chi connectivity index (χ1n) is 54.3. The van der Waals surface area contributed by atoms with E-state index in [9.17, 15) is 17.6 Å². The van der Waals surface area contributed by atoms with E-state index in [1.165, 1.54) is 84.5 Å². The van der Waals surface area contributed by atoms with E-state index in [0.717, 1.165) is 53.4 Å². The number of aromatic nitrogens is 3. The van der Waals surface area contributed by atoms with Gasteiger partial charge >= 0.3 is 0 Å². The maximum absolute atomic E-state index is 13.9. The van der Waals surface area contributed by atoms with E-state index in [4.69, 9.17) is 25.8 Å². The van der Waals surface area contributed by atoms with Crippen molar-refractivity contribution < 1.29 is 31.8 Å². The quantitative estimate of drug-likeness (QED) is 0.148. The molecule has 0 N–H and O–H groups in total. The van der Waals surface area contributed by atoms with Crippen LogP contribution in [-0.2, 0) is 86.5 Å². The zero-order valence-corrected chi connectivity index (χ0v) is 104. The SMILES string of the molecule is CC(C)(C)c1ccc(C(C)(C)C)cc1.CC(C)(C)c1ccc(C(C)(C)C)cc1.CC(C)(C)c1ccc(F)cc1F.CC(C)(C)c1ccccc1Cl.CC(C)(C)c1ccccn1.CC(C)COc1ccc(C(C)(C)C)cn1.CC(C)OC1CCC(C(C)(C)C)CC1F.COCc1ccc(C(C)(C)C)cc1F.Cc1ccc(C(C)(C)C)cn1.Cc1cccc(C(C)(C)C)c1.Cc1cccc(C(C)(C)C)c1.Cc1cccc(C(C)(C)C)c1. The number of hydrogen-bond acceptors (Lipinski definition) is 6. The third-order valence-electron chi connectivity index (χ3n) is 25.3. The Morgan fingerprint density at radius 1 is 0.329 bits per heavy atom. The topological polar surface area (TPSA) is 66.4 Å². The van der Waals surface area contributed by atoms with Gasteiger partial charge in [0.1, 0.15) is 23.6 Å². The number of methoxy groups -OCH3 is 1. The average molecular weight is 2070 g/mol. The second kappa shape index (κ2) is 60.0. The first kappa shape index (κ1) is 138. The smallest absolute Gasteiger partial charge is 0.213 e. The molecule has 1 saturated carbocycles. The maximum Gasteiger partial charge on any atom is 0.213 e. The highest BCUT2D eigenvalue weighted by atomic mass is 35.5. The summed E-state index contributed by atoms with van der Waals surface area (Å²) in [6, 6.07) is 75.3. The van der Waals surface area contributed by atoms with Crippen LogP contribution in [0.2, 0.25) is 5.02 Å². The van der Waals surface area contributed by atoms with Gasteiger partial charge in [0.25, 0.3) is 0 Å². The highest BCUT2D eigenvalue weighted by Crippen LogP contribution is 2.41. The van der Waals surface area contributed by atoms with Gasteiger partial charge in [0.2, 0.25) is 5.88 Å². The van der Waals surface area contributed by atoms with Gasteiger partial charge in [-0.1, -0.05) is 509 Å². The summed E-state index contributed by atoms with van der Waals surface area (Å²) in [6.45, 7) is 109. The van der Waals surface area contributed by atoms with Gasteiger partial charge in [0.05, 0.1) is 25.4 Å². The molecule has 1 aliphatic carbocycles. The van der Waals surface area contributed by atoms with Gasteiger partial charge in [0, 0.05) is 65.2 Å². The number of hydrogen-bond donors (Lipinski definition) is 0. The van der Waals surface area contributed by atoms with Gasteiger partial charge in [0.15, 0.2) is 0 Å². The minimum atomic E-state index is -0.773. The fourth-order valence-corrected chi connectivity index (χ4v) is 15.4. The molecule has 1 fully saturated rings. The lowest BCUT2D eigenvalue weighted by atomic mass is 9.71. The van der Waals surface area contributed by atoms with Gasteiger partial charge in [-0.25, -0.2) is 22.5 Å². The van der Waals surface area contributed by atoms with Crippen molar-refractivity contribution in [2.45, 2.75) is 461 Å². The molecule has 0 aliphatic heterocycles. The predicted octanol–water partition coefficient (Wildman–Crippen LogP) is 41.1. The summed E-state index contributed by atoms with van der Waals surface area (Å²) in [7, 11) is 1.57. The molecule has 0 saturated heterocycles. The summed E-state index contributed by atoms with van der Waals surface area (Å²) < 4.78 is 69.0. The molecular weight excluding hydrogens is 1860 g/mol. The summed E-state index contributed by atoms with van der Waals surface area (Å²) >= 11 is 6.01. The average Bonchev–Trinajstić information content (AvgIpc) is 0.838. The largest absolute Gasteiger partial charge is 0.477 e. The van der Waals surface area contributed by atoms with E-state index in [1.807, 2.05) is 103 Å². The Hall–Kier alpha value is -9.06. The van der Waals surface area contributed by atoms with Crippen LogP contribution in [0.25, 0.3) is 0 Å². The fraction of sp³-hybridized carbons (Fsp3) is 0.543. The van der Waals surface area contributed by atoms with Crippen LogP contribution in [-0.4, -0.2) is 47.0 Å². The van der Waals surface area contributed by atoms with Crippen molar-refractivity contribution in [3.8, 4) is 5.88 Å². The minimum Gasteiger partial charge on any atom is -0.477 e. The molecule has 828 valence electrons. The summed E-state index contributed by atoms with van der Waals surface area (Å²) in [5.74, 6) is 0.576. The lowest BCUT2D eigenvalue weighted by Crippen LogP contribution is -2.38. The van der Waals surface area contributed by atoms with Gasteiger partial charge in [-0.3, -0.25) is 9.97 Å². The van der Waals surface area contributed by atoms with E-state index >= 15 is 0 Å². The Bertz CT molecular complexity index is 5310. The van der Waals surface area contributed by atoms with Crippen molar-refractivity contribution in [3.05, 3.63) is 366 Å². The molecule has 3 heterocycles. The summed E-state index contributed by atoms with van der Waals surface area (Å²) in [4.78, 5) is 12.8. The minimum absolute atomic E-state index is 0.00750. The van der Waals surface area contributed by atoms with Crippen LogP contribution < -0.4 is 4.74 Å². The number of alkyl halides is 1. The Morgan fingerprint density at radius 2 is 0.685 bits per heavy atom. The van der Waals surface area contributed by atoms with E-state index in [-0.39, 0.29) is 93.8 Å². The standard InChI is InChI=1S/2C14H22.C13H25FO.C13H21NO.C12H17FO.3C11H16.C10H13Cl.C10H12F2.C10H15N.C9H13N/c2*1-13(2,3)11-7-9-12(10-8-11)14(4,5)6;1-9(2)15-12-7-6-10(8-11(12)14)13(3,4)5;1-10(2)9-15-12-7-6-11(8-14-12)13(3,4)5;1-12(2,3)10-6-5-9(8-14-4)11(13)7-10;3*1-9-6-5-7-10(8-9)11(2,3)4;1-10(2,3)8-6-4-5-7-9(8)11;1-10(2,3)8-5-4-7(11)6-9(8)12;1-8-5-6-9(7-11-8)10(2,3)4;1-9(2,3)8-6-4-5-7-10-8/h2*7-10H,1-6H3;9-12H,6-8H2,1-5H3;6-8,10H,9H2,1-5H3;5-7H,8H2,1-4H3;3*5-8H,1-4H3;4-7H,1-3H3;4-6H,1-3H3;5-7H,1-4H3;4-7H,1-3H3. The third-order valence-corrected chi connectivity index (χ3v) is 25.6. The van der Waals surface area contributed by atoms with Gasteiger partial charge in [-0.05, 0) is 246 Å². The van der Waals surface area contributed by atoms with Crippen molar-refractivity contribution >= 4 is 11.6 Å². The number of ether oxygens (including phenoxy) is 3. The third kappa shape index (κ3) is 56.4. The molecule has 1 aliphatic rings. The Balaban J connectivity index is 0.000000814. The monoisotopic (exact) mass is 2070 g/mol. The van der Waals surface area contributed by atoms with E-state index < -0.39 is 17.8 Å². The summed E-state index contributed by atoms with van der Waals surface area (Å²) in [5, 5.41) is 0.861. The molecular formula is C138H208ClF4N3O3. The first-order valence-corrected chi connectivity index (χ1v) is 54.6. The number of nitrogens with zero attached hydrogens (tertiary/aromatic N) is 3. The van der Waals surface area contributed by atoms with Gasteiger partial charge in [-0.15, -0.1) is 0 Å². The van der Waals surface area contributed by atoms with Crippen LogP contribution in [0.5, 0.6) is 5.88 Å². The van der Waals surface area contributed by atoms with Crippen LogP contribution in [0.15, 0.2) is 243 Å². The maximum atomic E-state index is 13.9. The molecule has 3 unspecified atom stereocenters. The van der Waals surface area contributed by atoms with Gasteiger partial charge < -0.3 is 14.2 Å². The first-order chi connectivity index (χ1) is 67.6. The van der Waals surface area contributed by atoms with Crippen LogP contribution in [0.4, 0.5) is 17.6 Å². The lowest BCUT2D eigenvalue weighted by molar-refractivity contribution is -0.0743. The van der Waals surface area contributed by atoms with Crippen LogP contribution in [0, 0.1) is 62.4 Å². The number of aryl methyl sites for hydroxylation is 4. The number of rotatable bonds is 7. The molecule has 0 radical (unpaired) electrons. The number of halogens is 5. The van der Waals surface area contributed by atoms with Crippen LogP contribution >= 0.6 is 11.6 Å². The van der Waals surface area contributed by atoms with Crippen molar-refractivity contribution in [2.75, 3.05) is 13.7 Å². The van der Waals surface area contributed by atoms with Crippen molar-refractivity contribution in [1.82, 2.24) is 15.0 Å². The second-order valence-electron chi connectivity index (χ2n) is 55.5. The Kier molecular flexibility index (Phi) is 55.5. The molecule has 11 heteroatoms. The molecule has 0 amide bonds. The normalized spacial score (nSPS) is 14.1. The molecule has 12 rings (SSSR count). The molecule has 8 aromatic carbocycles. The van der Waals surface area contributed by atoms with E-state index in [2.05, 4.69) is 471 Å². The predicted molar refractivity (Wildman–Crippen MR) is 644 cm³/mol. The Morgan fingerprint density at radius 3 is 0.946 bits per heavy atom.